The van der Waals surface area contributed by atoms with Gasteiger partial charge in [-0.15, -0.1) is 0 Å². The van der Waals surface area contributed by atoms with Crippen LogP contribution in [0.25, 0.3) is 0 Å². The summed E-state index contributed by atoms with van der Waals surface area (Å²) >= 11 is 0. The van der Waals surface area contributed by atoms with Gasteiger partial charge in [0, 0.05) is 39.1 Å². The second-order valence-electron chi connectivity index (χ2n) is 7.56. The van der Waals surface area contributed by atoms with Crippen LogP contribution in [0.3, 0.4) is 0 Å². The molecule has 1 heterocycles. The Labute approximate surface area is 163 Å². The second kappa shape index (κ2) is 9.67. The molecular weight excluding hydrogens is 334 g/mol. The van der Waals surface area contributed by atoms with Gasteiger partial charge in [-0.05, 0) is 31.5 Å². The summed E-state index contributed by atoms with van der Waals surface area (Å²) < 4.78 is 0. The van der Waals surface area contributed by atoms with Crippen LogP contribution in [0.5, 0.6) is 0 Å². The molecule has 0 bridgehead atoms. The zero-order valence-electron chi connectivity index (χ0n) is 16.5. The van der Waals surface area contributed by atoms with Gasteiger partial charge in [-0.2, -0.15) is 0 Å². The predicted molar refractivity (Wildman–Crippen MR) is 111 cm³/mol. The monoisotopic (exact) mass is 365 g/mol. The number of rotatable bonds is 7. The molecule has 1 N–H and O–H groups in total. The minimum atomic E-state index is 0.130. The average Bonchev–Trinajstić information content (AvgIpc) is 2.70. The molecule has 144 valence electrons. The van der Waals surface area contributed by atoms with E-state index in [0.717, 1.165) is 32.6 Å². The minimum absolute atomic E-state index is 0.130. The molecule has 0 aliphatic carbocycles. The third-order valence-electron chi connectivity index (χ3n) is 5.42. The predicted octanol–water partition coefficient (Wildman–Crippen LogP) is 3.03. The first-order valence-electron chi connectivity index (χ1n) is 9.91. The van der Waals surface area contributed by atoms with Crippen molar-refractivity contribution in [1.29, 1.82) is 0 Å². The number of aryl methyl sites for hydroxylation is 2. The Bertz CT molecular complexity index is 706. The SMILES string of the molecule is Cc1ccc([C@H](CNC(=O)CCc2ccccc2)N2CCN(C)CC2)cc1. The summed E-state index contributed by atoms with van der Waals surface area (Å²) in [5.74, 6) is 0.130. The standard InChI is InChI=1S/C23H31N3O/c1-19-8-11-21(12-9-19)22(26-16-14-25(2)15-17-26)18-24-23(27)13-10-20-6-4-3-5-7-20/h3-9,11-12,22H,10,13-18H2,1-2H3,(H,24,27)/t22-/m0/s1. The molecule has 1 amide bonds. The van der Waals surface area contributed by atoms with Crippen LogP contribution in [0.2, 0.25) is 0 Å². The number of carbonyl (C=O) groups is 1. The molecule has 0 aromatic heterocycles. The summed E-state index contributed by atoms with van der Waals surface area (Å²) in [6.07, 6.45) is 1.32. The molecule has 3 rings (SSSR count). The molecule has 1 aliphatic rings. The molecule has 0 saturated carbocycles. The fourth-order valence-corrected chi connectivity index (χ4v) is 3.58. The van der Waals surface area contributed by atoms with Crippen molar-refractivity contribution in [3.05, 3.63) is 71.3 Å². The van der Waals surface area contributed by atoms with Crippen molar-refractivity contribution >= 4 is 5.91 Å². The van der Waals surface area contributed by atoms with Crippen LogP contribution < -0.4 is 5.32 Å². The lowest BCUT2D eigenvalue weighted by molar-refractivity contribution is -0.121. The van der Waals surface area contributed by atoms with Crippen LogP contribution in [-0.2, 0) is 11.2 Å². The molecule has 0 unspecified atom stereocenters. The molecule has 1 aliphatic heterocycles. The maximum atomic E-state index is 12.4. The van der Waals surface area contributed by atoms with Crippen LogP contribution in [0.1, 0.15) is 29.2 Å². The van der Waals surface area contributed by atoms with Crippen molar-refractivity contribution in [3.63, 3.8) is 0 Å². The Kier molecular flexibility index (Phi) is 7.02. The van der Waals surface area contributed by atoms with E-state index in [1.54, 1.807) is 0 Å². The Morgan fingerprint density at radius 1 is 1.00 bits per heavy atom. The van der Waals surface area contributed by atoms with Gasteiger partial charge in [-0.25, -0.2) is 0 Å². The third-order valence-corrected chi connectivity index (χ3v) is 5.42. The van der Waals surface area contributed by atoms with Gasteiger partial charge in [0.1, 0.15) is 0 Å². The summed E-state index contributed by atoms with van der Waals surface area (Å²) in [5, 5.41) is 3.18. The number of benzene rings is 2. The Morgan fingerprint density at radius 3 is 2.33 bits per heavy atom. The fraction of sp³-hybridized carbons (Fsp3) is 0.435. The maximum Gasteiger partial charge on any atom is 0.220 e. The highest BCUT2D eigenvalue weighted by Crippen LogP contribution is 2.22. The summed E-state index contributed by atoms with van der Waals surface area (Å²) in [6.45, 7) is 7.00. The van der Waals surface area contributed by atoms with Crippen LogP contribution in [0.4, 0.5) is 0 Å². The molecule has 4 nitrogen and oxygen atoms in total. The summed E-state index contributed by atoms with van der Waals surface area (Å²) in [4.78, 5) is 17.3. The van der Waals surface area contributed by atoms with Crippen molar-refractivity contribution in [2.75, 3.05) is 39.8 Å². The zero-order valence-corrected chi connectivity index (χ0v) is 16.5. The summed E-state index contributed by atoms with van der Waals surface area (Å²) in [6, 6.07) is 19.2. The number of carbonyl (C=O) groups excluding carboxylic acids is 1. The lowest BCUT2D eigenvalue weighted by Crippen LogP contribution is -2.48. The van der Waals surface area contributed by atoms with Gasteiger partial charge < -0.3 is 10.2 Å². The number of hydrogen-bond donors (Lipinski definition) is 1. The molecular formula is C23H31N3O. The number of amides is 1. The van der Waals surface area contributed by atoms with Crippen molar-refractivity contribution in [2.45, 2.75) is 25.8 Å². The van der Waals surface area contributed by atoms with E-state index in [0.29, 0.717) is 13.0 Å². The molecule has 2 aromatic carbocycles. The molecule has 0 spiro atoms. The van der Waals surface area contributed by atoms with Crippen LogP contribution in [-0.4, -0.2) is 55.5 Å². The topological polar surface area (TPSA) is 35.6 Å². The number of piperazine rings is 1. The van der Waals surface area contributed by atoms with E-state index in [1.165, 1.54) is 16.7 Å². The van der Waals surface area contributed by atoms with E-state index >= 15 is 0 Å². The molecule has 2 aromatic rings. The van der Waals surface area contributed by atoms with E-state index in [1.807, 2.05) is 18.2 Å². The molecule has 1 saturated heterocycles. The summed E-state index contributed by atoms with van der Waals surface area (Å²) in [7, 11) is 2.17. The van der Waals surface area contributed by atoms with Gasteiger partial charge >= 0.3 is 0 Å². The molecule has 27 heavy (non-hydrogen) atoms. The van der Waals surface area contributed by atoms with Gasteiger partial charge in [-0.1, -0.05) is 60.2 Å². The van der Waals surface area contributed by atoms with Crippen LogP contribution in [0.15, 0.2) is 54.6 Å². The van der Waals surface area contributed by atoms with Gasteiger partial charge in [-0.3, -0.25) is 9.69 Å². The Balaban J connectivity index is 1.59. The van der Waals surface area contributed by atoms with Crippen molar-refractivity contribution < 1.29 is 4.79 Å². The van der Waals surface area contributed by atoms with Gasteiger partial charge in [0.2, 0.25) is 5.91 Å². The van der Waals surface area contributed by atoms with E-state index in [-0.39, 0.29) is 11.9 Å². The first-order valence-corrected chi connectivity index (χ1v) is 9.91. The first kappa shape index (κ1) is 19.6. The van der Waals surface area contributed by atoms with Gasteiger partial charge in [0.05, 0.1) is 6.04 Å². The molecule has 1 atom stereocenters. The number of hydrogen-bond acceptors (Lipinski definition) is 3. The number of likely N-dealkylation sites (N-methyl/N-ethyl adjacent to an activating group) is 1. The minimum Gasteiger partial charge on any atom is -0.354 e. The second-order valence-corrected chi connectivity index (χ2v) is 7.56. The molecule has 0 radical (unpaired) electrons. The smallest absolute Gasteiger partial charge is 0.220 e. The number of nitrogens with zero attached hydrogens (tertiary/aromatic N) is 2. The van der Waals surface area contributed by atoms with Crippen molar-refractivity contribution in [2.24, 2.45) is 0 Å². The van der Waals surface area contributed by atoms with E-state index in [2.05, 4.69) is 65.5 Å². The van der Waals surface area contributed by atoms with Gasteiger partial charge in [0.25, 0.3) is 0 Å². The Morgan fingerprint density at radius 2 is 1.67 bits per heavy atom. The van der Waals surface area contributed by atoms with E-state index < -0.39 is 0 Å². The fourth-order valence-electron chi connectivity index (χ4n) is 3.58. The summed E-state index contributed by atoms with van der Waals surface area (Å²) in [5.41, 5.74) is 3.76. The normalized spacial score (nSPS) is 16.8. The zero-order chi connectivity index (χ0) is 19.1. The van der Waals surface area contributed by atoms with Gasteiger partial charge in [0.15, 0.2) is 0 Å². The molecule has 1 fully saturated rings. The van der Waals surface area contributed by atoms with Crippen LogP contribution >= 0.6 is 0 Å². The van der Waals surface area contributed by atoms with E-state index in [4.69, 9.17) is 0 Å². The highest BCUT2D eigenvalue weighted by Gasteiger charge is 2.24. The lowest BCUT2D eigenvalue weighted by atomic mass is 10.0. The van der Waals surface area contributed by atoms with E-state index in [9.17, 15) is 4.79 Å². The third kappa shape index (κ3) is 5.91. The maximum absolute atomic E-state index is 12.4. The highest BCUT2D eigenvalue weighted by atomic mass is 16.1. The van der Waals surface area contributed by atoms with Crippen molar-refractivity contribution in [1.82, 2.24) is 15.1 Å². The highest BCUT2D eigenvalue weighted by molar-refractivity contribution is 5.76. The Hall–Kier alpha value is -2.17. The number of nitrogens with one attached hydrogen (secondary N) is 1. The van der Waals surface area contributed by atoms with Crippen molar-refractivity contribution in [3.8, 4) is 0 Å². The van der Waals surface area contributed by atoms with Crippen LogP contribution in [0, 0.1) is 6.92 Å². The largest absolute Gasteiger partial charge is 0.354 e. The quantitative estimate of drug-likeness (QED) is 0.819. The first-order chi connectivity index (χ1) is 13.1. The molecule has 4 heteroatoms. The average molecular weight is 366 g/mol. The lowest BCUT2D eigenvalue weighted by Gasteiger charge is -2.38.